The molecule has 0 aliphatic carbocycles. The van der Waals surface area contributed by atoms with Crippen molar-refractivity contribution in [3.8, 4) is 5.75 Å². The van der Waals surface area contributed by atoms with Crippen LogP contribution in [0.25, 0.3) is 0 Å². The van der Waals surface area contributed by atoms with E-state index in [2.05, 4.69) is 5.32 Å². The van der Waals surface area contributed by atoms with E-state index in [0.29, 0.717) is 17.1 Å². The molecule has 1 aliphatic rings. The van der Waals surface area contributed by atoms with Gasteiger partial charge in [0.05, 0.1) is 31.4 Å². The van der Waals surface area contributed by atoms with Crippen molar-refractivity contribution in [3.63, 3.8) is 0 Å². The molecule has 1 N–H and O–H groups in total. The molecule has 30 heavy (non-hydrogen) atoms. The van der Waals surface area contributed by atoms with Crippen LogP contribution >= 0.6 is 0 Å². The maximum absolute atomic E-state index is 13.3. The van der Waals surface area contributed by atoms with Crippen LogP contribution in [0.3, 0.4) is 0 Å². The lowest BCUT2D eigenvalue weighted by Gasteiger charge is -2.33. The van der Waals surface area contributed by atoms with Crippen LogP contribution < -0.4 is 15.0 Å². The topological polar surface area (TPSA) is 84.9 Å². The Kier molecular flexibility index (Phi) is 6.15. The molecule has 2 aromatic carbocycles. The summed E-state index contributed by atoms with van der Waals surface area (Å²) in [7, 11) is 2.68. The van der Waals surface area contributed by atoms with Gasteiger partial charge >= 0.3 is 5.97 Å². The van der Waals surface area contributed by atoms with Crippen molar-refractivity contribution in [1.29, 1.82) is 0 Å². The number of anilines is 2. The van der Waals surface area contributed by atoms with Gasteiger partial charge in [0.25, 0.3) is 0 Å². The lowest BCUT2D eigenvalue weighted by Crippen LogP contribution is -2.43. The number of hydrogen-bond acceptors (Lipinski definition) is 5. The number of carbonyl (C=O) groups excluding carboxylic acids is 3. The van der Waals surface area contributed by atoms with Crippen molar-refractivity contribution in [2.24, 2.45) is 5.92 Å². The molecule has 8 heteroatoms. The first-order valence-electron chi connectivity index (χ1n) is 9.18. The fourth-order valence-corrected chi connectivity index (χ4v) is 3.45. The number of methoxy groups -OCH3 is 2. The predicted octanol–water partition coefficient (Wildman–Crippen LogP) is 3.27. The van der Waals surface area contributed by atoms with Gasteiger partial charge in [-0.2, -0.15) is 0 Å². The Morgan fingerprint density at radius 2 is 1.77 bits per heavy atom. The SMILES string of the molecule is COC(=O)C1=C(C)N(c2ccc(F)cc2)C(=O)C[C@@H]1C(=O)Nc1ccccc1OC. The summed E-state index contributed by atoms with van der Waals surface area (Å²) in [5.74, 6) is -2.70. The second-order valence-electron chi connectivity index (χ2n) is 6.64. The number of nitrogens with zero attached hydrogens (tertiary/aromatic N) is 1. The summed E-state index contributed by atoms with van der Waals surface area (Å²) in [5.41, 5.74) is 1.13. The Bertz CT molecular complexity index is 1020. The monoisotopic (exact) mass is 412 g/mol. The normalized spacial score (nSPS) is 16.3. The maximum Gasteiger partial charge on any atom is 0.336 e. The van der Waals surface area contributed by atoms with Gasteiger partial charge in [0, 0.05) is 17.8 Å². The largest absolute Gasteiger partial charge is 0.495 e. The maximum atomic E-state index is 13.3. The average Bonchev–Trinajstić information content (AvgIpc) is 2.74. The molecule has 2 amide bonds. The smallest absolute Gasteiger partial charge is 0.336 e. The fraction of sp³-hybridized carbons (Fsp3) is 0.227. The Balaban J connectivity index is 2.00. The number of benzene rings is 2. The molecular formula is C22H21FN2O5. The molecule has 0 unspecified atom stereocenters. The molecule has 1 heterocycles. The summed E-state index contributed by atoms with van der Waals surface area (Å²) in [6.07, 6.45) is -0.250. The zero-order chi connectivity index (χ0) is 21.8. The Labute approximate surface area is 173 Å². The number of esters is 1. The van der Waals surface area contributed by atoms with Crippen molar-refractivity contribution < 1.29 is 28.2 Å². The van der Waals surface area contributed by atoms with Crippen LogP contribution in [0.15, 0.2) is 59.8 Å². The van der Waals surface area contributed by atoms with Crippen molar-refractivity contribution in [2.75, 3.05) is 24.4 Å². The number of nitrogens with one attached hydrogen (secondary N) is 1. The number of para-hydroxylation sites is 2. The van der Waals surface area contributed by atoms with Crippen LogP contribution in [0.1, 0.15) is 13.3 Å². The van der Waals surface area contributed by atoms with Crippen molar-refractivity contribution in [2.45, 2.75) is 13.3 Å². The first kappa shape index (κ1) is 21.0. The highest BCUT2D eigenvalue weighted by molar-refractivity contribution is 6.10. The van der Waals surface area contributed by atoms with Gasteiger partial charge in [0.15, 0.2) is 0 Å². The van der Waals surface area contributed by atoms with Crippen LogP contribution in [0.5, 0.6) is 5.75 Å². The van der Waals surface area contributed by atoms with Crippen LogP contribution in [0, 0.1) is 11.7 Å². The van der Waals surface area contributed by atoms with E-state index in [0.717, 1.165) is 0 Å². The van der Waals surface area contributed by atoms with Gasteiger partial charge in [-0.25, -0.2) is 9.18 Å². The van der Waals surface area contributed by atoms with Crippen molar-refractivity contribution in [3.05, 3.63) is 65.6 Å². The third-order valence-corrected chi connectivity index (χ3v) is 4.87. The van der Waals surface area contributed by atoms with Gasteiger partial charge < -0.3 is 14.8 Å². The molecule has 0 fully saturated rings. The van der Waals surface area contributed by atoms with E-state index >= 15 is 0 Å². The molecule has 1 aliphatic heterocycles. The van der Waals surface area contributed by atoms with E-state index < -0.39 is 29.5 Å². The second kappa shape index (κ2) is 8.77. The molecule has 7 nitrogen and oxygen atoms in total. The third-order valence-electron chi connectivity index (χ3n) is 4.87. The fourth-order valence-electron chi connectivity index (χ4n) is 3.45. The van der Waals surface area contributed by atoms with Crippen molar-refractivity contribution in [1.82, 2.24) is 0 Å². The van der Waals surface area contributed by atoms with Gasteiger partial charge in [0.2, 0.25) is 11.8 Å². The minimum atomic E-state index is -1.05. The zero-order valence-electron chi connectivity index (χ0n) is 16.8. The zero-order valence-corrected chi connectivity index (χ0v) is 16.8. The summed E-state index contributed by atoms with van der Waals surface area (Å²) < 4.78 is 23.4. The van der Waals surface area contributed by atoms with E-state index in [1.54, 1.807) is 31.2 Å². The first-order chi connectivity index (χ1) is 14.4. The van der Waals surface area contributed by atoms with Crippen LogP contribution in [0.2, 0.25) is 0 Å². The molecule has 0 saturated heterocycles. The standard InChI is InChI=1S/C22H21FN2O5/c1-13-20(22(28)30-3)16(21(27)24-17-6-4-5-7-18(17)29-2)12-19(26)25(13)15-10-8-14(23)9-11-15/h4-11,16H,12H2,1-3H3,(H,24,27)/t16-/m0/s1. The van der Waals surface area contributed by atoms with E-state index in [1.165, 1.54) is 43.4 Å². The quantitative estimate of drug-likeness (QED) is 0.762. The summed E-state index contributed by atoms with van der Waals surface area (Å²) >= 11 is 0. The lowest BCUT2D eigenvalue weighted by molar-refractivity contribution is -0.138. The molecule has 0 aromatic heterocycles. The van der Waals surface area contributed by atoms with Gasteiger partial charge in [0.1, 0.15) is 11.6 Å². The Morgan fingerprint density at radius 3 is 2.40 bits per heavy atom. The molecule has 0 radical (unpaired) electrons. The number of halogens is 1. The van der Waals surface area contributed by atoms with E-state index in [9.17, 15) is 18.8 Å². The summed E-state index contributed by atoms with van der Waals surface area (Å²) in [4.78, 5) is 39.7. The predicted molar refractivity (Wildman–Crippen MR) is 108 cm³/mol. The summed E-state index contributed by atoms with van der Waals surface area (Å²) in [5, 5.41) is 2.72. The minimum Gasteiger partial charge on any atom is -0.495 e. The summed E-state index contributed by atoms with van der Waals surface area (Å²) in [6, 6.07) is 12.1. The van der Waals surface area contributed by atoms with E-state index in [1.807, 2.05) is 0 Å². The minimum absolute atomic E-state index is 0.0637. The number of amides is 2. The number of rotatable bonds is 5. The number of ether oxygens (including phenoxy) is 2. The van der Waals surface area contributed by atoms with Crippen LogP contribution in [-0.2, 0) is 19.1 Å². The molecule has 1 atom stereocenters. The second-order valence-corrected chi connectivity index (χ2v) is 6.64. The summed E-state index contributed by atoms with van der Waals surface area (Å²) in [6.45, 7) is 1.55. The first-order valence-corrected chi connectivity index (χ1v) is 9.18. The molecule has 0 bridgehead atoms. The van der Waals surface area contributed by atoms with Gasteiger partial charge in [-0.15, -0.1) is 0 Å². The number of carbonyl (C=O) groups is 3. The van der Waals surface area contributed by atoms with Crippen molar-refractivity contribution >= 4 is 29.2 Å². The van der Waals surface area contributed by atoms with Crippen LogP contribution in [-0.4, -0.2) is 32.0 Å². The number of hydrogen-bond donors (Lipinski definition) is 1. The Morgan fingerprint density at radius 1 is 1.10 bits per heavy atom. The van der Waals surface area contributed by atoms with Crippen LogP contribution in [0.4, 0.5) is 15.8 Å². The highest BCUT2D eigenvalue weighted by Crippen LogP contribution is 2.35. The molecule has 0 saturated carbocycles. The van der Waals surface area contributed by atoms with Gasteiger partial charge in [-0.1, -0.05) is 12.1 Å². The molecule has 3 rings (SSSR count). The van der Waals surface area contributed by atoms with Gasteiger partial charge in [-0.3, -0.25) is 14.5 Å². The lowest BCUT2D eigenvalue weighted by atomic mass is 9.88. The van der Waals surface area contributed by atoms with E-state index in [4.69, 9.17) is 9.47 Å². The van der Waals surface area contributed by atoms with Gasteiger partial charge in [-0.05, 0) is 43.3 Å². The number of allylic oxidation sites excluding steroid dienone is 1. The highest BCUT2D eigenvalue weighted by atomic mass is 19.1. The third kappa shape index (κ3) is 4.03. The molecule has 156 valence electrons. The molecule has 2 aromatic rings. The highest BCUT2D eigenvalue weighted by Gasteiger charge is 2.40. The molecular weight excluding hydrogens is 391 g/mol. The van der Waals surface area contributed by atoms with E-state index in [-0.39, 0.29) is 17.7 Å². The average molecular weight is 412 g/mol. The Hall–Kier alpha value is -3.68. The molecule has 0 spiro atoms.